The van der Waals surface area contributed by atoms with Gasteiger partial charge in [0.15, 0.2) is 0 Å². The minimum atomic E-state index is -4.63. The van der Waals surface area contributed by atoms with Gasteiger partial charge in [-0.3, -0.25) is 14.7 Å². The summed E-state index contributed by atoms with van der Waals surface area (Å²) in [5.41, 5.74) is -2.16. The number of hydrogen-bond acceptors (Lipinski definition) is 5. The molecule has 0 aromatic carbocycles. The third-order valence-electron chi connectivity index (χ3n) is 2.49. The van der Waals surface area contributed by atoms with Crippen molar-refractivity contribution in [2.75, 3.05) is 18.6 Å². The van der Waals surface area contributed by atoms with Crippen molar-refractivity contribution in [2.45, 2.75) is 32.5 Å². The molecule has 1 heterocycles. The first kappa shape index (κ1) is 18.7. The summed E-state index contributed by atoms with van der Waals surface area (Å²) in [5, 5.41) is 0. The zero-order valence-corrected chi connectivity index (χ0v) is 13.1. The van der Waals surface area contributed by atoms with E-state index in [0.29, 0.717) is 12.3 Å². The molecule has 0 radical (unpaired) electrons. The Morgan fingerprint density at radius 3 is 2.30 bits per heavy atom. The number of methoxy groups -OCH3 is 1. The van der Waals surface area contributed by atoms with Crippen LogP contribution in [0.25, 0.3) is 0 Å². The molecule has 6 nitrogen and oxygen atoms in total. The number of ether oxygens (including phenoxy) is 2. The highest BCUT2D eigenvalue weighted by atomic mass is 19.4. The fourth-order valence-corrected chi connectivity index (χ4v) is 1.50. The molecule has 0 fully saturated rings. The second-order valence-electron chi connectivity index (χ2n) is 5.57. The lowest BCUT2D eigenvalue weighted by molar-refractivity contribution is -0.139. The molecule has 0 aliphatic carbocycles. The number of carbonyl (C=O) groups is 2. The predicted octanol–water partition coefficient (Wildman–Crippen LogP) is 3.01. The normalized spacial score (nSPS) is 11.8. The highest BCUT2D eigenvalue weighted by molar-refractivity contribution is 5.93. The highest BCUT2D eigenvalue weighted by Crippen LogP contribution is 2.31. The van der Waals surface area contributed by atoms with Crippen LogP contribution in [-0.2, 0) is 20.4 Å². The number of amides is 1. The summed E-state index contributed by atoms with van der Waals surface area (Å²) >= 11 is 0. The van der Waals surface area contributed by atoms with Gasteiger partial charge in [0.25, 0.3) is 0 Å². The maximum atomic E-state index is 12.8. The average Bonchev–Trinajstić information content (AvgIpc) is 2.41. The number of nitrogens with zero attached hydrogens (tertiary/aromatic N) is 2. The molecule has 23 heavy (non-hydrogen) atoms. The van der Waals surface area contributed by atoms with Gasteiger partial charge in [0.2, 0.25) is 0 Å². The van der Waals surface area contributed by atoms with Crippen molar-refractivity contribution in [3.05, 3.63) is 24.0 Å². The number of esters is 1. The molecule has 0 atom stereocenters. The second kappa shape index (κ2) is 6.84. The van der Waals surface area contributed by atoms with Crippen LogP contribution in [-0.4, -0.2) is 36.3 Å². The van der Waals surface area contributed by atoms with Crippen LogP contribution in [0.4, 0.5) is 23.7 Å². The van der Waals surface area contributed by atoms with Crippen LogP contribution in [0.2, 0.25) is 0 Å². The molecule has 9 heteroatoms. The van der Waals surface area contributed by atoms with Crippen LogP contribution < -0.4 is 4.90 Å². The minimum absolute atomic E-state index is 0.223. The molecule has 0 saturated carbocycles. The molecule has 0 saturated heterocycles. The first-order valence-corrected chi connectivity index (χ1v) is 6.53. The SMILES string of the molecule is COC(=O)CN(C(=O)OC(C)(C)C)c1cncc(C(F)(F)F)c1. The average molecular weight is 334 g/mol. The van der Waals surface area contributed by atoms with E-state index in [1.165, 1.54) is 0 Å². The fraction of sp³-hybridized carbons (Fsp3) is 0.500. The van der Waals surface area contributed by atoms with Gasteiger partial charge in [0.1, 0.15) is 12.1 Å². The molecule has 1 aromatic heterocycles. The zero-order chi connectivity index (χ0) is 17.8. The Hall–Kier alpha value is -2.32. The van der Waals surface area contributed by atoms with Gasteiger partial charge in [-0.05, 0) is 26.8 Å². The Kier molecular flexibility index (Phi) is 5.57. The summed E-state index contributed by atoms with van der Waals surface area (Å²) < 4.78 is 47.8. The Morgan fingerprint density at radius 1 is 1.22 bits per heavy atom. The third kappa shape index (κ3) is 5.76. The standard InChI is InChI=1S/C14H17F3N2O4/c1-13(2,3)23-12(21)19(8-11(20)22-4)10-5-9(6-18-7-10)14(15,16)17/h5-7H,8H2,1-4H3. The van der Waals surface area contributed by atoms with Crippen molar-refractivity contribution in [1.29, 1.82) is 0 Å². The quantitative estimate of drug-likeness (QED) is 0.795. The maximum Gasteiger partial charge on any atom is 0.417 e. The Bertz CT molecular complexity index is 582. The molecule has 0 spiro atoms. The van der Waals surface area contributed by atoms with Crippen LogP contribution in [0.15, 0.2) is 18.5 Å². The van der Waals surface area contributed by atoms with E-state index in [1.807, 2.05) is 0 Å². The first-order valence-electron chi connectivity index (χ1n) is 6.53. The van der Waals surface area contributed by atoms with Gasteiger partial charge in [-0.25, -0.2) is 4.79 Å². The van der Waals surface area contributed by atoms with Gasteiger partial charge in [-0.1, -0.05) is 0 Å². The number of rotatable bonds is 3. The number of aromatic nitrogens is 1. The van der Waals surface area contributed by atoms with Gasteiger partial charge in [0.05, 0.1) is 24.6 Å². The topological polar surface area (TPSA) is 68.7 Å². The molecule has 0 aliphatic rings. The van der Waals surface area contributed by atoms with Crippen LogP contribution in [0.3, 0.4) is 0 Å². The van der Waals surface area contributed by atoms with Gasteiger partial charge in [-0.15, -0.1) is 0 Å². The Morgan fingerprint density at radius 2 is 1.83 bits per heavy atom. The van der Waals surface area contributed by atoms with Crippen LogP contribution >= 0.6 is 0 Å². The summed E-state index contributed by atoms with van der Waals surface area (Å²) in [6.07, 6.45) is -3.96. The van der Waals surface area contributed by atoms with Crippen LogP contribution in [0.1, 0.15) is 26.3 Å². The largest absolute Gasteiger partial charge is 0.468 e. The molecular weight excluding hydrogens is 317 g/mol. The number of halogens is 3. The summed E-state index contributed by atoms with van der Waals surface area (Å²) in [7, 11) is 1.10. The summed E-state index contributed by atoms with van der Waals surface area (Å²) in [5.74, 6) is -0.812. The maximum absolute atomic E-state index is 12.8. The van der Waals surface area contributed by atoms with Gasteiger partial charge in [0, 0.05) is 6.20 Å². The minimum Gasteiger partial charge on any atom is -0.468 e. The summed E-state index contributed by atoms with van der Waals surface area (Å²) in [4.78, 5) is 27.8. The van der Waals surface area contributed by atoms with E-state index < -0.39 is 35.9 Å². The zero-order valence-electron chi connectivity index (χ0n) is 13.1. The van der Waals surface area contributed by atoms with Crippen molar-refractivity contribution in [3.8, 4) is 0 Å². The van der Waals surface area contributed by atoms with Crippen molar-refractivity contribution in [2.24, 2.45) is 0 Å². The molecule has 1 amide bonds. The lowest BCUT2D eigenvalue weighted by atomic mass is 10.2. The predicted molar refractivity (Wildman–Crippen MR) is 74.8 cm³/mol. The molecular formula is C14H17F3N2O4. The second-order valence-corrected chi connectivity index (χ2v) is 5.57. The molecule has 128 valence electrons. The van der Waals surface area contributed by atoms with E-state index in [2.05, 4.69) is 9.72 Å². The van der Waals surface area contributed by atoms with Gasteiger partial charge >= 0.3 is 18.2 Å². The smallest absolute Gasteiger partial charge is 0.417 e. The van der Waals surface area contributed by atoms with E-state index in [-0.39, 0.29) is 5.69 Å². The van der Waals surface area contributed by atoms with E-state index in [1.54, 1.807) is 20.8 Å². The van der Waals surface area contributed by atoms with Gasteiger partial charge < -0.3 is 9.47 Å². The number of alkyl halides is 3. The third-order valence-corrected chi connectivity index (χ3v) is 2.49. The fourth-order valence-electron chi connectivity index (χ4n) is 1.50. The van der Waals surface area contributed by atoms with Crippen molar-refractivity contribution < 1.29 is 32.2 Å². The number of hydrogen-bond donors (Lipinski definition) is 0. The van der Waals surface area contributed by atoms with Crippen molar-refractivity contribution in [1.82, 2.24) is 4.98 Å². The van der Waals surface area contributed by atoms with Crippen molar-refractivity contribution >= 4 is 17.7 Å². The van der Waals surface area contributed by atoms with Crippen LogP contribution in [0, 0.1) is 0 Å². The Balaban J connectivity index is 3.19. The highest BCUT2D eigenvalue weighted by Gasteiger charge is 2.33. The molecule has 0 aliphatic heterocycles. The summed E-state index contributed by atoms with van der Waals surface area (Å²) in [6.45, 7) is 4.16. The molecule has 0 N–H and O–H groups in total. The number of pyridine rings is 1. The number of anilines is 1. The van der Waals surface area contributed by atoms with Crippen molar-refractivity contribution in [3.63, 3.8) is 0 Å². The first-order chi connectivity index (χ1) is 10.4. The monoisotopic (exact) mass is 334 g/mol. The van der Waals surface area contributed by atoms with Crippen LogP contribution in [0.5, 0.6) is 0 Å². The summed E-state index contributed by atoms with van der Waals surface area (Å²) in [6, 6.07) is 0.708. The molecule has 0 unspecified atom stereocenters. The Labute approximate surface area is 131 Å². The van der Waals surface area contributed by atoms with E-state index in [0.717, 1.165) is 18.2 Å². The van der Waals surface area contributed by atoms with Gasteiger partial charge in [-0.2, -0.15) is 13.2 Å². The van der Waals surface area contributed by atoms with E-state index in [9.17, 15) is 22.8 Å². The lowest BCUT2D eigenvalue weighted by Crippen LogP contribution is -2.40. The van der Waals surface area contributed by atoms with E-state index in [4.69, 9.17) is 4.74 Å². The number of carbonyl (C=O) groups excluding carboxylic acids is 2. The lowest BCUT2D eigenvalue weighted by Gasteiger charge is -2.26. The molecule has 1 rings (SSSR count). The molecule has 0 bridgehead atoms. The molecule has 1 aromatic rings. The van der Waals surface area contributed by atoms with E-state index >= 15 is 0 Å².